The molecule has 4 heterocycles. The van der Waals surface area contributed by atoms with E-state index < -0.39 is 46.6 Å². The number of hydrogen-bond donors (Lipinski definition) is 3. The molecule has 14 nitrogen and oxygen atoms in total. The maximum Gasteiger partial charge on any atom is 0.416 e. The Morgan fingerprint density at radius 2 is 0.875 bits per heavy atom. The van der Waals surface area contributed by atoms with Gasteiger partial charge in [-0.2, -0.15) is 49.9 Å². The van der Waals surface area contributed by atoms with E-state index in [-0.39, 0.29) is 46.5 Å². The number of amides is 2. The van der Waals surface area contributed by atoms with Crippen LogP contribution in [0.4, 0.5) is 49.1 Å². The van der Waals surface area contributed by atoms with Crippen LogP contribution in [0.1, 0.15) is 147 Å². The smallest absolute Gasteiger partial charge is 0.416 e. The molecule has 0 atom stereocenters. The Balaban J connectivity index is 0.000000226. The van der Waals surface area contributed by atoms with E-state index in [2.05, 4.69) is 30.4 Å². The third-order valence-electron chi connectivity index (χ3n) is 15.7. The summed E-state index contributed by atoms with van der Waals surface area (Å²) in [4.78, 5) is 90.1. The van der Waals surface area contributed by atoms with Crippen LogP contribution >= 0.6 is 23.5 Å². The molecule has 0 saturated carbocycles. The van der Waals surface area contributed by atoms with Crippen LogP contribution in [0.2, 0.25) is 0 Å². The molecular formula is C74H72F6N6O8S2. The highest BCUT2D eigenvalue weighted by Gasteiger charge is 2.33. The number of alkyl halides is 6. The van der Waals surface area contributed by atoms with E-state index in [0.717, 1.165) is 111 Å². The van der Waals surface area contributed by atoms with E-state index in [1.807, 2.05) is 75.4 Å². The zero-order chi connectivity index (χ0) is 68.6. The van der Waals surface area contributed by atoms with Crippen LogP contribution < -0.4 is 20.4 Å². The molecular weight excluding hydrogens is 1280 g/mol. The lowest BCUT2D eigenvalue weighted by Crippen LogP contribution is -2.29. The van der Waals surface area contributed by atoms with E-state index >= 15 is 0 Å². The molecule has 2 aliphatic heterocycles. The van der Waals surface area contributed by atoms with Gasteiger partial charge in [0.2, 0.25) is 0 Å². The number of ketones is 2. The summed E-state index contributed by atoms with van der Waals surface area (Å²) in [5, 5.41) is 14.9. The molecule has 2 aromatic heterocycles. The van der Waals surface area contributed by atoms with Crippen molar-refractivity contribution in [1.29, 1.82) is 0 Å². The molecule has 0 spiro atoms. The van der Waals surface area contributed by atoms with Gasteiger partial charge in [0.25, 0.3) is 11.8 Å². The van der Waals surface area contributed by atoms with Crippen molar-refractivity contribution in [2.45, 2.75) is 102 Å². The van der Waals surface area contributed by atoms with Crippen molar-refractivity contribution in [3.05, 3.63) is 226 Å². The van der Waals surface area contributed by atoms with Crippen LogP contribution in [0, 0.1) is 0 Å². The molecule has 10 rings (SSSR count). The van der Waals surface area contributed by atoms with Crippen molar-refractivity contribution in [2.75, 3.05) is 58.1 Å². The average molecular weight is 1350 g/mol. The SMILES string of the molecule is CC(C)(C)OC(=O)CCSCc1cccc(C(=O)Nc2ccc(N3CCCCC3)cc2-c2cc(C(=O)c3cccc(C(F)(F)F)c3)ccn2)c1.O=C(O)CCSCc1cccc(C(=O)Nc2ccc(N3CCCCC3)cc2-c2cc(C(=O)c3cccc(C(F)(F)F)c3)ccn2)c1. The third kappa shape index (κ3) is 20.1. The van der Waals surface area contributed by atoms with Crippen molar-refractivity contribution < 1.29 is 65.0 Å². The number of carbonyl (C=O) groups excluding carboxylic acids is 5. The number of anilines is 4. The molecule has 0 aliphatic carbocycles. The van der Waals surface area contributed by atoms with Gasteiger partial charge in [-0.25, -0.2) is 0 Å². The molecule has 8 aromatic rings. The zero-order valence-corrected chi connectivity index (χ0v) is 54.8. The number of aliphatic carboxylic acids is 1. The number of aromatic nitrogens is 2. The van der Waals surface area contributed by atoms with Crippen LogP contribution in [-0.4, -0.2) is 93.7 Å². The molecule has 96 heavy (non-hydrogen) atoms. The number of carboxylic acid groups (broad SMARTS) is 1. The fourth-order valence-corrected chi connectivity index (χ4v) is 12.7. The molecule has 0 radical (unpaired) electrons. The summed E-state index contributed by atoms with van der Waals surface area (Å²) in [6.07, 6.45) is 0.584. The number of nitrogens with one attached hydrogen (secondary N) is 2. The topological polar surface area (TPSA) is 188 Å². The van der Waals surface area contributed by atoms with Crippen molar-refractivity contribution in [3.8, 4) is 22.5 Å². The number of esters is 1. The van der Waals surface area contributed by atoms with Gasteiger partial charge in [-0.1, -0.05) is 48.5 Å². The van der Waals surface area contributed by atoms with Crippen molar-refractivity contribution in [1.82, 2.24) is 9.97 Å². The van der Waals surface area contributed by atoms with E-state index in [9.17, 15) is 55.1 Å². The van der Waals surface area contributed by atoms with Gasteiger partial charge in [0.1, 0.15) is 5.60 Å². The summed E-state index contributed by atoms with van der Waals surface area (Å²) in [5.41, 5.74) is 5.23. The van der Waals surface area contributed by atoms with Gasteiger partial charge in [0, 0.05) is 117 Å². The highest BCUT2D eigenvalue weighted by atomic mass is 32.2. The zero-order valence-electron chi connectivity index (χ0n) is 53.2. The van der Waals surface area contributed by atoms with Gasteiger partial charge in [-0.05, 0) is 180 Å². The van der Waals surface area contributed by atoms with Crippen LogP contribution in [0.25, 0.3) is 22.5 Å². The summed E-state index contributed by atoms with van der Waals surface area (Å²) in [6, 6.07) is 40.3. The number of ether oxygens (including phenoxy) is 1. The number of piperidine rings is 2. The fraction of sp³-hybridized carbons (Fsp3) is 0.297. The average Bonchev–Trinajstić information content (AvgIpc) is 0.815. The Morgan fingerprint density at radius 1 is 0.479 bits per heavy atom. The van der Waals surface area contributed by atoms with Gasteiger partial charge in [-0.15, -0.1) is 0 Å². The van der Waals surface area contributed by atoms with E-state index in [1.165, 1.54) is 66.6 Å². The summed E-state index contributed by atoms with van der Waals surface area (Å²) < 4.78 is 85.4. The number of thioether (sulfide) groups is 2. The van der Waals surface area contributed by atoms with Crippen LogP contribution in [0.15, 0.2) is 170 Å². The first-order chi connectivity index (χ1) is 45.8. The second-order valence-corrected chi connectivity index (χ2v) is 26.3. The number of benzene rings is 6. The van der Waals surface area contributed by atoms with Crippen molar-refractivity contribution in [3.63, 3.8) is 0 Å². The lowest BCUT2D eigenvalue weighted by molar-refractivity contribution is -0.154. The Bertz CT molecular complexity index is 4110. The Labute approximate surface area is 561 Å². The molecule has 500 valence electrons. The number of hydrogen-bond acceptors (Lipinski definition) is 13. The molecule has 3 N–H and O–H groups in total. The second-order valence-electron chi connectivity index (χ2n) is 24.1. The minimum Gasteiger partial charge on any atom is -0.481 e. The Morgan fingerprint density at radius 3 is 1.28 bits per heavy atom. The standard InChI is InChI=1S/C39H40F3N3O4S.C35H32F3N3O4S/c1-38(2,3)49-35(46)16-20-50-25-26-9-7-11-29(21-26)37(48)44-33-14-13-31(45-18-5-4-6-19-45)24-32(33)34-23-28(15-17-43-34)36(47)27-10-8-12-30(22-27)39(40,41)42;36-35(37,38)27-9-5-7-24(19-27)33(44)25-12-14-39-31(20-25)29-21-28(41-15-2-1-3-16-41)10-11-30(29)40-34(45)26-8-4-6-23(18-26)22-46-17-13-32(42)43/h7-15,17,21-24H,4-6,16,18-20,25H2,1-3H3,(H,44,48);4-12,14,18-21H,1-3,13,15-17,22H2,(H,40,45)(H,42,43). The predicted octanol–water partition coefficient (Wildman–Crippen LogP) is 17.2. The number of carboxylic acids is 1. The minimum atomic E-state index is -4.58. The number of rotatable bonds is 22. The normalized spacial score (nSPS) is 13.4. The monoisotopic (exact) mass is 1350 g/mol. The molecule has 0 unspecified atom stereocenters. The van der Waals surface area contributed by atoms with Gasteiger partial charge in [0.15, 0.2) is 11.6 Å². The van der Waals surface area contributed by atoms with Crippen LogP contribution in [-0.2, 0) is 38.2 Å². The second kappa shape index (κ2) is 32.4. The first-order valence-corrected chi connectivity index (χ1v) is 33.7. The fourth-order valence-electron chi connectivity index (χ4n) is 10.9. The summed E-state index contributed by atoms with van der Waals surface area (Å²) in [5.74, 6) is -0.750. The molecule has 2 aliphatic rings. The highest BCUT2D eigenvalue weighted by Crippen LogP contribution is 2.37. The summed E-state index contributed by atoms with van der Waals surface area (Å²) >= 11 is 3.04. The lowest BCUT2D eigenvalue weighted by Gasteiger charge is -2.29. The molecule has 22 heteroatoms. The van der Waals surface area contributed by atoms with Gasteiger partial charge >= 0.3 is 24.3 Å². The van der Waals surface area contributed by atoms with Gasteiger partial charge in [-0.3, -0.25) is 38.7 Å². The maximum absolute atomic E-state index is 13.6. The van der Waals surface area contributed by atoms with E-state index in [0.29, 0.717) is 74.4 Å². The Hall–Kier alpha value is -9.28. The van der Waals surface area contributed by atoms with Crippen LogP contribution in [0.3, 0.4) is 0 Å². The first-order valence-electron chi connectivity index (χ1n) is 31.4. The quantitative estimate of drug-likeness (QED) is 0.0252. The van der Waals surface area contributed by atoms with Gasteiger partial charge < -0.3 is 30.3 Å². The van der Waals surface area contributed by atoms with Crippen LogP contribution in [0.5, 0.6) is 0 Å². The van der Waals surface area contributed by atoms with Crippen molar-refractivity contribution >= 4 is 81.6 Å². The predicted molar refractivity (Wildman–Crippen MR) is 365 cm³/mol. The number of carbonyl (C=O) groups is 6. The lowest BCUT2D eigenvalue weighted by atomic mass is 9.99. The van der Waals surface area contributed by atoms with E-state index in [4.69, 9.17) is 9.84 Å². The maximum atomic E-state index is 13.6. The number of pyridine rings is 2. The summed E-state index contributed by atoms with van der Waals surface area (Å²) in [7, 11) is 0. The molecule has 2 amide bonds. The molecule has 2 saturated heterocycles. The largest absolute Gasteiger partial charge is 0.481 e. The van der Waals surface area contributed by atoms with Gasteiger partial charge in [0.05, 0.1) is 46.7 Å². The van der Waals surface area contributed by atoms with Crippen molar-refractivity contribution in [2.24, 2.45) is 0 Å². The molecule has 0 bridgehead atoms. The highest BCUT2D eigenvalue weighted by molar-refractivity contribution is 7.98. The Kier molecular flexibility index (Phi) is 24.0. The van der Waals surface area contributed by atoms with E-state index in [1.54, 1.807) is 48.2 Å². The number of nitrogens with zero attached hydrogens (tertiary/aromatic N) is 4. The molecule has 6 aromatic carbocycles. The third-order valence-corrected chi connectivity index (χ3v) is 17.8. The first kappa shape index (κ1) is 71.0. The minimum absolute atomic E-state index is 0.0574. The summed E-state index contributed by atoms with van der Waals surface area (Å²) in [6.45, 7) is 9.03. The molecule has 2 fully saturated rings. The number of halogens is 6.